The fraction of sp³-hybridized carbons (Fsp3) is 1.00. The van der Waals surface area contributed by atoms with Gasteiger partial charge in [-0.3, -0.25) is 0 Å². The van der Waals surface area contributed by atoms with Crippen LogP contribution in [0.25, 0.3) is 0 Å². The van der Waals surface area contributed by atoms with Crippen LogP contribution in [0.2, 0.25) is 0 Å². The highest BCUT2D eigenvalue weighted by Crippen LogP contribution is 2.38. The number of hydrogen-bond donors (Lipinski definition) is 1. The summed E-state index contributed by atoms with van der Waals surface area (Å²) in [6.45, 7) is 3.41. The second kappa shape index (κ2) is 8.38. The van der Waals surface area contributed by atoms with Gasteiger partial charge in [0.25, 0.3) is 0 Å². The van der Waals surface area contributed by atoms with Gasteiger partial charge in [-0.25, -0.2) is 0 Å². The van der Waals surface area contributed by atoms with E-state index < -0.39 is 0 Å². The molecular formula is C18H35NO. The van der Waals surface area contributed by atoms with Crippen LogP contribution >= 0.6 is 0 Å². The van der Waals surface area contributed by atoms with E-state index in [1.165, 1.54) is 77.0 Å². The molecule has 0 aromatic rings. The smallest absolute Gasteiger partial charge is 0.0831 e. The fourth-order valence-electron chi connectivity index (χ4n) is 4.40. The van der Waals surface area contributed by atoms with Gasteiger partial charge in [-0.1, -0.05) is 58.3 Å². The molecule has 2 rings (SSSR count). The molecule has 2 aliphatic carbocycles. The number of methoxy groups -OCH3 is 1. The van der Waals surface area contributed by atoms with Gasteiger partial charge in [-0.15, -0.1) is 0 Å². The van der Waals surface area contributed by atoms with Crippen LogP contribution in [0.3, 0.4) is 0 Å². The topological polar surface area (TPSA) is 21.3 Å². The summed E-state index contributed by atoms with van der Waals surface area (Å²) >= 11 is 0. The summed E-state index contributed by atoms with van der Waals surface area (Å²) in [6.07, 6.45) is 16.4. The van der Waals surface area contributed by atoms with Crippen molar-refractivity contribution < 1.29 is 4.74 Å². The SMILES string of the molecule is CCCNC(CC1CCCCC1)C1(OC)CCCCC1. The van der Waals surface area contributed by atoms with E-state index in [1.807, 2.05) is 7.11 Å². The first-order valence-corrected chi connectivity index (χ1v) is 9.09. The molecule has 20 heavy (non-hydrogen) atoms. The molecule has 2 heteroatoms. The Morgan fingerprint density at radius 2 is 1.70 bits per heavy atom. The average Bonchev–Trinajstić information content (AvgIpc) is 2.53. The van der Waals surface area contributed by atoms with Crippen molar-refractivity contribution in [3.63, 3.8) is 0 Å². The largest absolute Gasteiger partial charge is 0.377 e. The normalized spacial score (nSPS) is 25.5. The van der Waals surface area contributed by atoms with E-state index in [2.05, 4.69) is 12.2 Å². The Kier molecular flexibility index (Phi) is 6.83. The molecule has 0 radical (unpaired) electrons. The van der Waals surface area contributed by atoms with Crippen LogP contribution < -0.4 is 5.32 Å². The molecule has 0 aromatic heterocycles. The van der Waals surface area contributed by atoms with Gasteiger partial charge < -0.3 is 10.1 Å². The molecule has 0 spiro atoms. The van der Waals surface area contributed by atoms with E-state index >= 15 is 0 Å². The van der Waals surface area contributed by atoms with Crippen LogP contribution in [-0.4, -0.2) is 25.3 Å². The summed E-state index contributed by atoms with van der Waals surface area (Å²) in [5.74, 6) is 0.937. The van der Waals surface area contributed by atoms with Crippen molar-refractivity contribution in [3.8, 4) is 0 Å². The molecule has 2 aliphatic rings. The van der Waals surface area contributed by atoms with Gasteiger partial charge in [0.2, 0.25) is 0 Å². The number of hydrogen-bond acceptors (Lipinski definition) is 2. The first-order valence-electron chi connectivity index (χ1n) is 9.09. The standard InChI is InChI=1S/C18H35NO/c1-3-14-19-17(15-16-10-6-4-7-11-16)18(20-2)12-8-5-9-13-18/h16-17,19H,3-15H2,1-2H3. The van der Waals surface area contributed by atoms with Crippen molar-refractivity contribution in [1.82, 2.24) is 5.32 Å². The molecule has 1 N–H and O–H groups in total. The van der Waals surface area contributed by atoms with Crippen LogP contribution in [0.4, 0.5) is 0 Å². The Bertz CT molecular complexity index is 254. The lowest BCUT2D eigenvalue weighted by atomic mass is 9.74. The van der Waals surface area contributed by atoms with E-state index in [0.717, 1.165) is 12.5 Å². The molecule has 2 saturated carbocycles. The summed E-state index contributed by atoms with van der Waals surface area (Å²) in [4.78, 5) is 0. The molecule has 0 amide bonds. The van der Waals surface area contributed by atoms with Crippen molar-refractivity contribution in [2.24, 2.45) is 5.92 Å². The van der Waals surface area contributed by atoms with Crippen molar-refractivity contribution in [1.29, 1.82) is 0 Å². The lowest BCUT2D eigenvalue weighted by Crippen LogP contribution is -2.54. The van der Waals surface area contributed by atoms with Crippen molar-refractivity contribution in [2.45, 2.75) is 95.6 Å². The lowest BCUT2D eigenvalue weighted by Gasteiger charge is -2.44. The fourth-order valence-corrected chi connectivity index (χ4v) is 4.40. The summed E-state index contributed by atoms with van der Waals surface area (Å²) in [6, 6.07) is 0.579. The van der Waals surface area contributed by atoms with Crippen LogP contribution in [0.1, 0.15) is 84.0 Å². The minimum atomic E-state index is 0.130. The van der Waals surface area contributed by atoms with Crippen molar-refractivity contribution in [3.05, 3.63) is 0 Å². The van der Waals surface area contributed by atoms with E-state index in [1.54, 1.807) is 0 Å². The molecular weight excluding hydrogens is 246 g/mol. The van der Waals surface area contributed by atoms with Gasteiger partial charge in [-0.05, 0) is 38.1 Å². The molecule has 1 unspecified atom stereocenters. The minimum Gasteiger partial charge on any atom is -0.377 e. The zero-order chi connectivity index (χ0) is 14.3. The highest BCUT2D eigenvalue weighted by molar-refractivity contribution is 4.96. The maximum absolute atomic E-state index is 6.12. The zero-order valence-corrected chi connectivity index (χ0v) is 13.8. The summed E-state index contributed by atoms with van der Waals surface area (Å²) in [5, 5.41) is 3.85. The molecule has 0 saturated heterocycles. The molecule has 0 aromatic carbocycles. The van der Waals surface area contributed by atoms with Gasteiger partial charge in [0, 0.05) is 13.2 Å². The number of rotatable bonds is 7. The van der Waals surface area contributed by atoms with E-state index in [0.29, 0.717) is 6.04 Å². The Labute approximate surface area is 126 Å². The molecule has 2 nitrogen and oxygen atoms in total. The van der Waals surface area contributed by atoms with Crippen LogP contribution in [0.5, 0.6) is 0 Å². The molecule has 0 heterocycles. The van der Waals surface area contributed by atoms with E-state index in [-0.39, 0.29) is 5.60 Å². The highest BCUT2D eigenvalue weighted by Gasteiger charge is 2.40. The second-order valence-electron chi connectivity index (χ2n) is 7.08. The van der Waals surface area contributed by atoms with Gasteiger partial charge in [-0.2, -0.15) is 0 Å². The first-order chi connectivity index (χ1) is 9.80. The molecule has 0 bridgehead atoms. The molecule has 0 aliphatic heterocycles. The Hall–Kier alpha value is -0.0800. The van der Waals surface area contributed by atoms with Crippen molar-refractivity contribution >= 4 is 0 Å². The van der Waals surface area contributed by atoms with Crippen LogP contribution in [0.15, 0.2) is 0 Å². The summed E-state index contributed by atoms with van der Waals surface area (Å²) in [7, 11) is 1.95. The third kappa shape index (κ3) is 4.21. The minimum absolute atomic E-state index is 0.130. The molecule has 1 atom stereocenters. The van der Waals surface area contributed by atoms with E-state index in [4.69, 9.17) is 4.74 Å². The number of ether oxygens (including phenoxy) is 1. The number of nitrogens with one attached hydrogen (secondary N) is 1. The van der Waals surface area contributed by atoms with Gasteiger partial charge in [0.1, 0.15) is 0 Å². The predicted octanol–water partition coefficient (Wildman–Crippen LogP) is 4.67. The summed E-state index contributed by atoms with van der Waals surface area (Å²) < 4.78 is 6.12. The van der Waals surface area contributed by atoms with Gasteiger partial charge in [0.15, 0.2) is 0 Å². The zero-order valence-electron chi connectivity index (χ0n) is 13.8. The quantitative estimate of drug-likeness (QED) is 0.732. The molecule has 2 fully saturated rings. The predicted molar refractivity (Wildman–Crippen MR) is 86.1 cm³/mol. The van der Waals surface area contributed by atoms with Gasteiger partial charge in [0.05, 0.1) is 5.60 Å². The Morgan fingerprint density at radius 3 is 2.30 bits per heavy atom. The monoisotopic (exact) mass is 281 g/mol. The second-order valence-corrected chi connectivity index (χ2v) is 7.08. The Morgan fingerprint density at radius 1 is 1.05 bits per heavy atom. The first kappa shape index (κ1) is 16.3. The molecule has 118 valence electrons. The average molecular weight is 281 g/mol. The summed E-state index contributed by atoms with van der Waals surface area (Å²) in [5.41, 5.74) is 0.130. The maximum Gasteiger partial charge on any atom is 0.0831 e. The third-order valence-electron chi connectivity index (χ3n) is 5.68. The Balaban J connectivity index is 1.99. The third-order valence-corrected chi connectivity index (χ3v) is 5.68. The van der Waals surface area contributed by atoms with Crippen molar-refractivity contribution in [2.75, 3.05) is 13.7 Å². The lowest BCUT2D eigenvalue weighted by molar-refractivity contribution is -0.0733. The maximum atomic E-state index is 6.12. The van der Waals surface area contributed by atoms with Crippen LogP contribution in [-0.2, 0) is 4.74 Å². The van der Waals surface area contributed by atoms with Gasteiger partial charge >= 0.3 is 0 Å². The van der Waals surface area contributed by atoms with E-state index in [9.17, 15) is 0 Å². The highest BCUT2D eigenvalue weighted by atomic mass is 16.5. The van der Waals surface area contributed by atoms with Crippen LogP contribution in [0, 0.1) is 5.92 Å².